The first-order chi connectivity index (χ1) is 2.00. The van der Waals surface area contributed by atoms with Crippen LogP contribution in [0.3, 0.4) is 0 Å². The van der Waals surface area contributed by atoms with E-state index in [9.17, 15) is 0 Å². The zero-order valence-corrected chi connectivity index (χ0v) is 5.34. The highest BCUT2D eigenvalue weighted by Crippen LogP contribution is 2.01. The third-order valence-electron chi connectivity index (χ3n) is 0. The fourth-order valence-corrected chi connectivity index (χ4v) is 0. The molecule has 0 aromatic rings. The van der Waals surface area contributed by atoms with Crippen LogP contribution in [0.5, 0.6) is 0 Å². The van der Waals surface area contributed by atoms with E-state index in [1.807, 2.05) is 13.1 Å². The van der Waals surface area contributed by atoms with Crippen molar-refractivity contribution in [2.24, 2.45) is 0 Å². The highest BCUT2D eigenvalue weighted by Gasteiger charge is 2.17. The standard InChI is InChI=1S/C3H8ClSi/c1-5(2,3)4/h1H2,2-3H3/q+1. The van der Waals surface area contributed by atoms with Gasteiger partial charge in [-0.25, -0.2) is 0 Å². The summed E-state index contributed by atoms with van der Waals surface area (Å²) in [6.45, 7) is 7.64. The molecule has 0 unspecified atom stereocenters. The first-order valence-electron chi connectivity index (χ1n) is 1.54. The lowest BCUT2D eigenvalue weighted by atomic mass is 11.8. The van der Waals surface area contributed by atoms with Crippen molar-refractivity contribution in [1.82, 2.24) is 0 Å². The van der Waals surface area contributed by atoms with Crippen LogP contribution in [0, 0.1) is 6.55 Å². The molecule has 0 aliphatic rings. The number of rotatable bonds is 0. The molecule has 0 N–H and O–H groups in total. The van der Waals surface area contributed by atoms with Crippen LogP contribution in [0.2, 0.25) is 13.1 Å². The molecular weight excluding hydrogens is 99.6 g/mol. The van der Waals surface area contributed by atoms with Crippen LogP contribution in [0.15, 0.2) is 0 Å². The maximum absolute atomic E-state index is 5.56. The highest BCUT2D eigenvalue weighted by atomic mass is 35.6. The van der Waals surface area contributed by atoms with Crippen molar-refractivity contribution in [1.29, 1.82) is 0 Å². The predicted molar refractivity (Wildman–Crippen MR) is 28.7 cm³/mol. The molecule has 0 aliphatic carbocycles. The molecule has 0 aliphatic heterocycles. The number of hydrogen-bond donors (Lipinski definition) is 0. The minimum Gasteiger partial charge on any atom is -0.108 e. The Morgan fingerprint density at radius 1 is 1.60 bits per heavy atom. The Kier molecular flexibility index (Phi) is 1.32. The second kappa shape index (κ2) is 1.23. The van der Waals surface area contributed by atoms with Crippen molar-refractivity contribution in [2.45, 2.75) is 13.1 Å². The average molecular weight is 108 g/mol. The van der Waals surface area contributed by atoms with Crippen molar-refractivity contribution in [3.63, 3.8) is 0 Å². The fraction of sp³-hybridized carbons (Fsp3) is 0.667. The van der Waals surface area contributed by atoms with Crippen LogP contribution in [0.25, 0.3) is 0 Å². The van der Waals surface area contributed by atoms with Crippen molar-refractivity contribution < 1.29 is 0 Å². The van der Waals surface area contributed by atoms with Crippen LogP contribution < -0.4 is 0 Å². The van der Waals surface area contributed by atoms with Gasteiger partial charge in [0.25, 0.3) is 0 Å². The van der Waals surface area contributed by atoms with Crippen LogP contribution in [0.4, 0.5) is 0 Å². The summed E-state index contributed by atoms with van der Waals surface area (Å²) in [5.74, 6) is 0. The molecule has 0 spiro atoms. The Labute approximate surface area is 38.9 Å². The van der Waals surface area contributed by atoms with Gasteiger partial charge < -0.3 is 0 Å². The third-order valence-corrected chi connectivity index (χ3v) is 0. The molecule has 0 aromatic heterocycles. The van der Waals surface area contributed by atoms with Gasteiger partial charge in [0.1, 0.15) is 0 Å². The third kappa shape index (κ3) is 174. The van der Waals surface area contributed by atoms with E-state index in [0.717, 1.165) is 0 Å². The van der Waals surface area contributed by atoms with Crippen molar-refractivity contribution >= 4 is 18.5 Å². The van der Waals surface area contributed by atoms with Gasteiger partial charge in [-0.1, -0.05) is 0 Å². The Bertz CT molecular complexity index is 22.4. The van der Waals surface area contributed by atoms with Gasteiger partial charge in [-0.05, 0) is 13.1 Å². The maximum atomic E-state index is 5.56. The zero-order valence-electron chi connectivity index (χ0n) is 3.59. The zero-order chi connectivity index (χ0) is 4.50. The van der Waals surface area contributed by atoms with Gasteiger partial charge in [0.05, 0.1) is 0 Å². The summed E-state index contributed by atoms with van der Waals surface area (Å²) < 4.78 is 0. The Morgan fingerprint density at radius 2 is 1.60 bits per heavy atom. The predicted octanol–water partition coefficient (Wildman–Crippen LogP) is 1.80. The largest absolute Gasteiger partial charge is 0.355 e. The molecule has 0 saturated heterocycles. The normalized spacial score (nSPS) is 11.8. The van der Waals surface area contributed by atoms with Crippen molar-refractivity contribution in [3.8, 4) is 0 Å². The quantitative estimate of drug-likeness (QED) is 0.252. The summed E-state index contributed by atoms with van der Waals surface area (Å²) in [5.41, 5.74) is 0. The molecule has 0 amide bonds. The van der Waals surface area contributed by atoms with E-state index in [0.29, 0.717) is 0 Å². The van der Waals surface area contributed by atoms with E-state index in [1.54, 1.807) is 0 Å². The van der Waals surface area contributed by atoms with E-state index < -0.39 is 7.38 Å². The molecule has 0 fully saturated rings. The lowest BCUT2D eigenvalue weighted by Crippen LogP contribution is -2.08. The summed E-state index contributed by atoms with van der Waals surface area (Å²) >= 11 is 5.56. The molecule has 2 heteroatoms. The lowest BCUT2D eigenvalue weighted by Gasteiger charge is -1.84. The molecule has 30 valence electrons. The van der Waals surface area contributed by atoms with Gasteiger partial charge in [-0.2, -0.15) is 0 Å². The first kappa shape index (κ1) is 5.38. The summed E-state index contributed by atoms with van der Waals surface area (Å²) in [4.78, 5) is 0. The van der Waals surface area contributed by atoms with Crippen LogP contribution in [-0.4, -0.2) is 7.38 Å². The van der Waals surface area contributed by atoms with E-state index in [1.165, 1.54) is 0 Å². The van der Waals surface area contributed by atoms with Gasteiger partial charge in [-0.3, -0.25) is 0 Å². The smallest absolute Gasteiger partial charge is 0.108 e. The van der Waals surface area contributed by atoms with Gasteiger partial charge in [0.15, 0.2) is 0 Å². The molecule has 0 bridgehead atoms. The summed E-state index contributed by atoms with van der Waals surface area (Å²) in [6, 6.07) is 0. The molecule has 0 aromatic carbocycles. The molecule has 5 heavy (non-hydrogen) atoms. The molecule has 0 heterocycles. The summed E-state index contributed by atoms with van der Waals surface area (Å²) in [7, 11) is -1.39. The Morgan fingerprint density at radius 3 is 1.60 bits per heavy atom. The SMILES string of the molecule is [CH2+][Si](C)(C)Cl. The molecule has 0 atom stereocenters. The van der Waals surface area contributed by atoms with E-state index in [2.05, 4.69) is 6.55 Å². The van der Waals surface area contributed by atoms with Gasteiger partial charge in [0, 0.05) is 6.55 Å². The molecule has 0 radical (unpaired) electrons. The Balaban J connectivity index is 3.02. The number of halogens is 1. The van der Waals surface area contributed by atoms with Gasteiger partial charge >= 0.3 is 7.38 Å². The van der Waals surface area contributed by atoms with E-state index >= 15 is 0 Å². The Hall–Kier alpha value is 0.377. The van der Waals surface area contributed by atoms with E-state index in [4.69, 9.17) is 11.1 Å². The number of hydrogen-bond acceptors (Lipinski definition) is 0. The second-order valence-corrected chi connectivity index (χ2v) is 8.23. The van der Waals surface area contributed by atoms with Crippen LogP contribution >= 0.6 is 11.1 Å². The van der Waals surface area contributed by atoms with Crippen LogP contribution in [0.1, 0.15) is 0 Å². The minimum absolute atomic E-state index is 1.39. The van der Waals surface area contributed by atoms with Gasteiger partial charge in [-0.15, -0.1) is 11.1 Å². The second-order valence-electron chi connectivity index (χ2n) is 1.72. The van der Waals surface area contributed by atoms with Crippen LogP contribution in [-0.2, 0) is 0 Å². The molecule has 0 rings (SSSR count). The van der Waals surface area contributed by atoms with Crippen molar-refractivity contribution in [3.05, 3.63) is 6.55 Å². The molecule has 0 saturated carbocycles. The monoisotopic (exact) mass is 107 g/mol. The van der Waals surface area contributed by atoms with E-state index in [-0.39, 0.29) is 0 Å². The minimum atomic E-state index is -1.39. The lowest BCUT2D eigenvalue weighted by molar-refractivity contribution is 1.97. The topological polar surface area (TPSA) is 0 Å². The van der Waals surface area contributed by atoms with Gasteiger partial charge in [0.2, 0.25) is 0 Å². The maximum Gasteiger partial charge on any atom is 0.355 e. The highest BCUT2D eigenvalue weighted by molar-refractivity contribution is 7.20. The summed E-state index contributed by atoms with van der Waals surface area (Å²) in [6.07, 6.45) is 0. The van der Waals surface area contributed by atoms with Crippen molar-refractivity contribution in [2.75, 3.05) is 0 Å². The molecule has 0 nitrogen and oxygen atoms in total. The summed E-state index contributed by atoms with van der Waals surface area (Å²) in [5, 5.41) is 0. The first-order valence-corrected chi connectivity index (χ1v) is 5.76. The fourth-order valence-electron chi connectivity index (χ4n) is 0. The molecular formula is C3H8ClSi+. The average Bonchev–Trinajstić information content (AvgIpc) is 0.722.